The number of hydrogen-bond acceptors (Lipinski definition) is 6. The first kappa shape index (κ1) is 16.4. The van der Waals surface area contributed by atoms with Crippen LogP contribution in [0.2, 0.25) is 0 Å². The van der Waals surface area contributed by atoms with Gasteiger partial charge in [-0.25, -0.2) is 8.42 Å². The summed E-state index contributed by atoms with van der Waals surface area (Å²) in [5.74, 6) is 0. The van der Waals surface area contributed by atoms with E-state index in [-0.39, 0.29) is 10.5 Å². The fourth-order valence-electron chi connectivity index (χ4n) is 1.93. The minimum Gasteiger partial charge on any atom is -0.267 e. The van der Waals surface area contributed by atoms with E-state index < -0.39 is 36.9 Å². The van der Waals surface area contributed by atoms with Crippen LogP contribution in [0.3, 0.4) is 0 Å². The summed E-state index contributed by atoms with van der Waals surface area (Å²) >= 11 is 0. The van der Waals surface area contributed by atoms with E-state index in [1.165, 1.54) is 31.2 Å². The van der Waals surface area contributed by atoms with Gasteiger partial charge in [0.1, 0.15) is 0 Å². The predicted molar refractivity (Wildman–Crippen MR) is 81.7 cm³/mol. The fraction of sp³-hybridized carbons (Fsp3) is 0.0769. The topological polar surface area (TPSA) is 132 Å². The largest absolute Gasteiger partial charge is 0.300 e. The van der Waals surface area contributed by atoms with Crippen molar-refractivity contribution in [3.63, 3.8) is 0 Å². The van der Waals surface area contributed by atoms with Gasteiger partial charge in [0.2, 0.25) is 5.69 Å². The lowest BCUT2D eigenvalue weighted by Crippen LogP contribution is -2.15. The molecule has 0 heterocycles. The van der Waals surface area contributed by atoms with Crippen molar-refractivity contribution in [1.82, 2.24) is 0 Å². The van der Waals surface area contributed by atoms with E-state index in [0.29, 0.717) is 0 Å². The molecular formula is C13H11N3O6S. The summed E-state index contributed by atoms with van der Waals surface area (Å²) < 4.78 is 26.5. The molecule has 0 aliphatic rings. The molecule has 0 saturated heterocycles. The molecule has 0 aliphatic carbocycles. The van der Waals surface area contributed by atoms with Crippen molar-refractivity contribution in [3.8, 4) is 0 Å². The maximum atomic E-state index is 12.3. The number of anilines is 1. The second-order valence-electron chi connectivity index (χ2n) is 4.61. The van der Waals surface area contributed by atoms with Crippen LogP contribution in [-0.4, -0.2) is 18.3 Å². The molecule has 10 heteroatoms. The van der Waals surface area contributed by atoms with E-state index in [4.69, 9.17) is 0 Å². The van der Waals surface area contributed by atoms with Crippen LogP contribution < -0.4 is 4.72 Å². The number of aryl methyl sites for hydroxylation is 1. The Labute approximate surface area is 130 Å². The summed E-state index contributed by atoms with van der Waals surface area (Å²) in [4.78, 5) is 20.3. The van der Waals surface area contributed by atoms with Gasteiger partial charge in [0.15, 0.2) is 0 Å². The summed E-state index contributed by atoms with van der Waals surface area (Å²) in [5.41, 5.74) is -1.77. The highest BCUT2D eigenvalue weighted by molar-refractivity contribution is 7.92. The van der Waals surface area contributed by atoms with Gasteiger partial charge < -0.3 is 0 Å². The van der Waals surface area contributed by atoms with E-state index in [1.54, 1.807) is 6.07 Å². The molecule has 120 valence electrons. The molecule has 0 spiro atoms. The molecule has 0 saturated carbocycles. The zero-order chi connectivity index (χ0) is 17.2. The Bertz CT molecular complexity index is 845. The third-order valence-electron chi connectivity index (χ3n) is 2.92. The minimum atomic E-state index is -4.20. The van der Waals surface area contributed by atoms with Gasteiger partial charge >= 0.3 is 11.4 Å². The van der Waals surface area contributed by atoms with Crippen molar-refractivity contribution in [2.24, 2.45) is 0 Å². The standard InChI is InChI=1S/C13H11N3O6S/c1-9-7-11(15(17)18)13(12(8-9)16(19)20)14-23(21,22)10-5-3-2-4-6-10/h2-8,14H,1H3. The van der Waals surface area contributed by atoms with Crippen molar-refractivity contribution in [1.29, 1.82) is 0 Å². The molecule has 0 atom stereocenters. The van der Waals surface area contributed by atoms with Crippen LogP contribution >= 0.6 is 0 Å². The average molecular weight is 337 g/mol. The molecule has 1 N–H and O–H groups in total. The SMILES string of the molecule is Cc1cc([N+](=O)[O-])c(NS(=O)(=O)c2ccccc2)c([N+](=O)[O-])c1. The van der Waals surface area contributed by atoms with Crippen LogP contribution in [0.25, 0.3) is 0 Å². The molecule has 0 radical (unpaired) electrons. The van der Waals surface area contributed by atoms with E-state index in [2.05, 4.69) is 0 Å². The van der Waals surface area contributed by atoms with Gasteiger partial charge in [-0.15, -0.1) is 0 Å². The number of nitrogens with one attached hydrogen (secondary N) is 1. The highest BCUT2D eigenvalue weighted by Crippen LogP contribution is 2.36. The zero-order valence-corrected chi connectivity index (χ0v) is 12.6. The minimum absolute atomic E-state index is 0.163. The Morgan fingerprint density at radius 2 is 1.43 bits per heavy atom. The Kier molecular flexibility index (Phi) is 4.27. The third kappa shape index (κ3) is 3.43. The van der Waals surface area contributed by atoms with Crippen molar-refractivity contribution in [2.75, 3.05) is 4.72 Å². The fourth-order valence-corrected chi connectivity index (χ4v) is 3.05. The van der Waals surface area contributed by atoms with Gasteiger partial charge in [-0.05, 0) is 24.6 Å². The maximum Gasteiger partial charge on any atom is 0.300 e. The number of nitro groups is 2. The quantitative estimate of drug-likeness (QED) is 0.658. The molecule has 2 aromatic carbocycles. The predicted octanol–water partition coefficient (Wildman–Crippen LogP) is 2.61. The summed E-state index contributed by atoms with van der Waals surface area (Å²) in [6.45, 7) is 1.44. The van der Waals surface area contributed by atoms with E-state index in [9.17, 15) is 28.6 Å². The van der Waals surface area contributed by atoms with Crippen LogP contribution in [0.1, 0.15) is 5.56 Å². The normalized spacial score (nSPS) is 11.0. The second-order valence-corrected chi connectivity index (χ2v) is 6.29. The highest BCUT2D eigenvalue weighted by Gasteiger charge is 2.30. The number of nitro benzene ring substituents is 2. The summed E-state index contributed by atoms with van der Waals surface area (Å²) in [6.07, 6.45) is 0. The Morgan fingerprint density at radius 1 is 0.957 bits per heavy atom. The number of sulfonamides is 1. The monoisotopic (exact) mass is 337 g/mol. The molecule has 0 unspecified atom stereocenters. The van der Waals surface area contributed by atoms with Gasteiger partial charge in [0.05, 0.1) is 14.7 Å². The van der Waals surface area contributed by atoms with Crippen molar-refractivity contribution in [3.05, 3.63) is 68.3 Å². The maximum absolute atomic E-state index is 12.3. The zero-order valence-electron chi connectivity index (χ0n) is 11.8. The average Bonchev–Trinajstić information content (AvgIpc) is 2.49. The van der Waals surface area contributed by atoms with E-state index in [0.717, 1.165) is 12.1 Å². The van der Waals surface area contributed by atoms with Crippen LogP contribution in [0, 0.1) is 27.2 Å². The van der Waals surface area contributed by atoms with Crippen molar-refractivity contribution in [2.45, 2.75) is 11.8 Å². The molecule has 2 rings (SSSR count). The Morgan fingerprint density at radius 3 is 1.87 bits per heavy atom. The van der Waals surface area contributed by atoms with Crippen LogP contribution in [0.15, 0.2) is 47.4 Å². The van der Waals surface area contributed by atoms with Crippen LogP contribution in [-0.2, 0) is 10.0 Å². The summed E-state index contributed by atoms with van der Waals surface area (Å²) in [5, 5.41) is 22.2. The summed E-state index contributed by atoms with van der Waals surface area (Å²) in [7, 11) is -4.20. The first-order valence-electron chi connectivity index (χ1n) is 6.23. The molecular weight excluding hydrogens is 326 g/mol. The van der Waals surface area contributed by atoms with E-state index >= 15 is 0 Å². The molecule has 0 amide bonds. The molecule has 0 aromatic heterocycles. The smallest absolute Gasteiger partial charge is 0.267 e. The van der Waals surface area contributed by atoms with Gasteiger partial charge in [-0.2, -0.15) is 0 Å². The van der Waals surface area contributed by atoms with Gasteiger partial charge in [-0.1, -0.05) is 18.2 Å². The molecule has 0 aliphatic heterocycles. The first-order valence-corrected chi connectivity index (χ1v) is 7.72. The molecule has 2 aromatic rings. The third-order valence-corrected chi connectivity index (χ3v) is 4.29. The second kappa shape index (κ2) is 6.01. The van der Waals surface area contributed by atoms with Crippen LogP contribution in [0.5, 0.6) is 0 Å². The molecule has 23 heavy (non-hydrogen) atoms. The molecule has 0 bridgehead atoms. The molecule has 9 nitrogen and oxygen atoms in total. The Hall–Kier alpha value is -3.01. The summed E-state index contributed by atoms with van der Waals surface area (Å²) in [6, 6.07) is 9.20. The lowest BCUT2D eigenvalue weighted by atomic mass is 10.1. The lowest BCUT2D eigenvalue weighted by molar-refractivity contribution is -0.392. The Balaban J connectivity index is 2.63. The first-order chi connectivity index (χ1) is 10.7. The van der Waals surface area contributed by atoms with E-state index in [1.807, 2.05) is 4.72 Å². The van der Waals surface area contributed by atoms with Crippen molar-refractivity contribution >= 4 is 27.1 Å². The number of rotatable bonds is 5. The highest BCUT2D eigenvalue weighted by atomic mass is 32.2. The van der Waals surface area contributed by atoms with Gasteiger partial charge in [-0.3, -0.25) is 25.0 Å². The van der Waals surface area contributed by atoms with Crippen LogP contribution in [0.4, 0.5) is 17.1 Å². The number of nitrogens with zero attached hydrogens (tertiary/aromatic N) is 2. The number of hydrogen-bond donors (Lipinski definition) is 1. The number of benzene rings is 2. The van der Waals surface area contributed by atoms with Crippen molar-refractivity contribution < 1.29 is 18.3 Å². The van der Waals surface area contributed by atoms with Gasteiger partial charge in [0.25, 0.3) is 10.0 Å². The molecule has 0 fully saturated rings. The van der Waals surface area contributed by atoms with Gasteiger partial charge in [0, 0.05) is 12.1 Å². The lowest BCUT2D eigenvalue weighted by Gasteiger charge is -2.09.